The minimum Gasteiger partial charge on any atom is -0.342 e. The summed E-state index contributed by atoms with van der Waals surface area (Å²) in [5.74, 6) is 0.737. The molecule has 1 aromatic heterocycles. The molecule has 0 bridgehead atoms. The van der Waals surface area contributed by atoms with Crippen molar-refractivity contribution in [2.75, 3.05) is 13.1 Å². The highest BCUT2D eigenvalue weighted by atomic mass is 16.2. The Labute approximate surface area is 108 Å². The number of pyridine rings is 1. The van der Waals surface area contributed by atoms with Crippen LogP contribution in [0.1, 0.15) is 25.5 Å². The van der Waals surface area contributed by atoms with Gasteiger partial charge in [-0.15, -0.1) is 0 Å². The number of rotatable bonds is 3. The first kappa shape index (κ1) is 13.0. The lowest BCUT2D eigenvalue weighted by Gasteiger charge is -2.33. The Bertz CT molecular complexity index is 383. The van der Waals surface area contributed by atoms with Crippen LogP contribution < -0.4 is 5.73 Å². The Hall–Kier alpha value is -1.42. The number of carbonyl (C=O) groups is 1. The lowest BCUT2D eigenvalue weighted by molar-refractivity contribution is -0.132. The molecule has 2 heterocycles. The van der Waals surface area contributed by atoms with Gasteiger partial charge in [0.1, 0.15) is 0 Å². The number of piperidine rings is 1. The van der Waals surface area contributed by atoms with E-state index < -0.39 is 0 Å². The Morgan fingerprint density at radius 1 is 1.50 bits per heavy atom. The van der Waals surface area contributed by atoms with Gasteiger partial charge in [0.2, 0.25) is 5.91 Å². The van der Waals surface area contributed by atoms with Crippen molar-refractivity contribution >= 4 is 5.91 Å². The van der Waals surface area contributed by atoms with Crippen LogP contribution in [0.15, 0.2) is 24.4 Å². The molecule has 2 rings (SSSR count). The summed E-state index contributed by atoms with van der Waals surface area (Å²) in [6, 6.07) is 5.91. The summed E-state index contributed by atoms with van der Waals surface area (Å²) < 4.78 is 0. The van der Waals surface area contributed by atoms with Crippen LogP contribution in [-0.4, -0.2) is 34.9 Å². The average molecular weight is 247 g/mol. The molecule has 4 nitrogen and oxygen atoms in total. The fourth-order valence-electron chi connectivity index (χ4n) is 2.44. The molecule has 18 heavy (non-hydrogen) atoms. The maximum atomic E-state index is 12.1. The van der Waals surface area contributed by atoms with Gasteiger partial charge in [0.25, 0.3) is 0 Å². The van der Waals surface area contributed by atoms with Crippen LogP contribution in [0, 0.1) is 5.92 Å². The highest BCUT2D eigenvalue weighted by molar-refractivity contribution is 5.78. The predicted octanol–water partition coefficient (Wildman–Crippen LogP) is 1.21. The number of nitrogens with zero attached hydrogens (tertiary/aromatic N) is 2. The van der Waals surface area contributed by atoms with Crippen molar-refractivity contribution in [1.29, 1.82) is 0 Å². The number of hydrogen-bond acceptors (Lipinski definition) is 3. The van der Waals surface area contributed by atoms with Crippen molar-refractivity contribution in [1.82, 2.24) is 9.88 Å². The molecule has 0 spiro atoms. The largest absolute Gasteiger partial charge is 0.342 e. The Kier molecular flexibility index (Phi) is 4.31. The summed E-state index contributed by atoms with van der Waals surface area (Å²) in [5.41, 5.74) is 6.74. The molecule has 1 aliphatic heterocycles. The summed E-state index contributed by atoms with van der Waals surface area (Å²) in [6.45, 7) is 3.71. The lowest BCUT2D eigenvalue weighted by Crippen LogP contribution is -2.43. The Balaban J connectivity index is 1.85. The molecule has 4 heteroatoms. The molecule has 1 fully saturated rings. The normalized spacial score (nSPS) is 18.7. The van der Waals surface area contributed by atoms with Crippen LogP contribution >= 0.6 is 0 Å². The zero-order valence-corrected chi connectivity index (χ0v) is 10.9. The smallest absolute Gasteiger partial charge is 0.228 e. The van der Waals surface area contributed by atoms with E-state index in [1.165, 1.54) is 0 Å². The van der Waals surface area contributed by atoms with Gasteiger partial charge in [-0.2, -0.15) is 0 Å². The topological polar surface area (TPSA) is 59.2 Å². The molecule has 1 saturated heterocycles. The number of nitrogens with two attached hydrogens (primary N) is 1. The zero-order valence-electron chi connectivity index (χ0n) is 10.9. The van der Waals surface area contributed by atoms with Crippen LogP contribution in [0.25, 0.3) is 0 Å². The van der Waals surface area contributed by atoms with E-state index in [-0.39, 0.29) is 11.9 Å². The van der Waals surface area contributed by atoms with Gasteiger partial charge in [-0.25, -0.2) is 0 Å². The molecule has 1 aromatic rings. The standard InChI is InChI=1S/C14H21N3O/c1-11(15)12-5-8-17(9-6-12)14(18)10-13-4-2-3-7-16-13/h2-4,7,11-12H,5-6,8-10,15H2,1H3. The molecule has 0 saturated carbocycles. The van der Waals surface area contributed by atoms with Crippen molar-refractivity contribution in [3.05, 3.63) is 30.1 Å². The maximum Gasteiger partial charge on any atom is 0.228 e. The highest BCUT2D eigenvalue weighted by Crippen LogP contribution is 2.19. The predicted molar refractivity (Wildman–Crippen MR) is 70.9 cm³/mol. The third-order valence-electron chi connectivity index (χ3n) is 3.69. The van der Waals surface area contributed by atoms with E-state index in [1.807, 2.05) is 23.1 Å². The molecular formula is C14H21N3O. The van der Waals surface area contributed by atoms with Gasteiger partial charge in [0.05, 0.1) is 6.42 Å². The van der Waals surface area contributed by atoms with Crippen molar-refractivity contribution in [2.45, 2.75) is 32.2 Å². The van der Waals surface area contributed by atoms with Gasteiger partial charge >= 0.3 is 0 Å². The molecule has 1 aliphatic rings. The Morgan fingerprint density at radius 3 is 2.78 bits per heavy atom. The summed E-state index contributed by atoms with van der Waals surface area (Å²) in [4.78, 5) is 18.2. The number of likely N-dealkylation sites (tertiary alicyclic amines) is 1. The first-order chi connectivity index (χ1) is 8.66. The average Bonchev–Trinajstić information content (AvgIpc) is 2.40. The van der Waals surface area contributed by atoms with E-state index in [2.05, 4.69) is 11.9 Å². The number of carbonyl (C=O) groups excluding carboxylic acids is 1. The minimum atomic E-state index is 0.178. The Morgan fingerprint density at radius 2 is 2.22 bits per heavy atom. The quantitative estimate of drug-likeness (QED) is 0.873. The summed E-state index contributed by atoms with van der Waals surface area (Å²) in [5, 5.41) is 0. The second-order valence-electron chi connectivity index (χ2n) is 5.08. The van der Waals surface area contributed by atoms with Gasteiger partial charge in [-0.1, -0.05) is 6.07 Å². The molecule has 0 aliphatic carbocycles. The molecule has 1 atom stereocenters. The number of amides is 1. The fraction of sp³-hybridized carbons (Fsp3) is 0.571. The lowest BCUT2D eigenvalue weighted by atomic mass is 9.91. The molecule has 2 N–H and O–H groups in total. The van der Waals surface area contributed by atoms with Crippen LogP contribution in [0.5, 0.6) is 0 Å². The second kappa shape index (κ2) is 5.96. The molecule has 1 unspecified atom stereocenters. The van der Waals surface area contributed by atoms with Crippen molar-refractivity contribution < 1.29 is 4.79 Å². The molecule has 0 aromatic carbocycles. The summed E-state index contributed by atoms with van der Waals surface area (Å²) >= 11 is 0. The number of aromatic nitrogens is 1. The molecule has 0 radical (unpaired) electrons. The van der Waals surface area contributed by atoms with E-state index in [1.54, 1.807) is 6.20 Å². The molecule has 98 valence electrons. The van der Waals surface area contributed by atoms with Crippen LogP contribution in [0.4, 0.5) is 0 Å². The van der Waals surface area contributed by atoms with E-state index >= 15 is 0 Å². The zero-order chi connectivity index (χ0) is 13.0. The van der Waals surface area contributed by atoms with Gasteiger partial charge in [-0.3, -0.25) is 9.78 Å². The van der Waals surface area contributed by atoms with Crippen molar-refractivity contribution in [3.63, 3.8) is 0 Å². The minimum absolute atomic E-state index is 0.178. The third-order valence-corrected chi connectivity index (χ3v) is 3.69. The van der Waals surface area contributed by atoms with Crippen LogP contribution in [0.2, 0.25) is 0 Å². The van der Waals surface area contributed by atoms with E-state index in [4.69, 9.17) is 5.73 Å². The van der Waals surface area contributed by atoms with Crippen molar-refractivity contribution in [3.8, 4) is 0 Å². The first-order valence-electron chi connectivity index (χ1n) is 6.60. The molecule has 1 amide bonds. The number of hydrogen-bond donors (Lipinski definition) is 1. The second-order valence-corrected chi connectivity index (χ2v) is 5.08. The van der Waals surface area contributed by atoms with Gasteiger partial charge in [0.15, 0.2) is 0 Å². The maximum absolute atomic E-state index is 12.1. The van der Waals surface area contributed by atoms with Gasteiger partial charge in [-0.05, 0) is 37.8 Å². The van der Waals surface area contributed by atoms with Gasteiger partial charge < -0.3 is 10.6 Å². The van der Waals surface area contributed by atoms with Gasteiger partial charge in [0, 0.05) is 31.0 Å². The van der Waals surface area contributed by atoms with Crippen LogP contribution in [0.3, 0.4) is 0 Å². The van der Waals surface area contributed by atoms with Crippen LogP contribution in [-0.2, 0) is 11.2 Å². The molecular weight excluding hydrogens is 226 g/mol. The van der Waals surface area contributed by atoms with Crippen molar-refractivity contribution in [2.24, 2.45) is 11.7 Å². The third kappa shape index (κ3) is 3.29. The van der Waals surface area contributed by atoms with E-state index in [0.717, 1.165) is 31.6 Å². The van der Waals surface area contributed by atoms with E-state index in [0.29, 0.717) is 12.3 Å². The highest BCUT2D eigenvalue weighted by Gasteiger charge is 2.24. The SMILES string of the molecule is CC(N)C1CCN(C(=O)Cc2ccccn2)CC1. The first-order valence-corrected chi connectivity index (χ1v) is 6.60. The van der Waals surface area contributed by atoms with E-state index in [9.17, 15) is 4.79 Å². The summed E-state index contributed by atoms with van der Waals surface area (Å²) in [6.07, 6.45) is 4.17. The monoisotopic (exact) mass is 247 g/mol. The fourth-order valence-corrected chi connectivity index (χ4v) is 2.44. The summed E-state index contributed by atoms with van der Waals surface area (Å²) in [7, 11) is 0.